The number of hydrogen-bond acceptors (Lipinski definition) is 3. The lowest BCUT2D eigenvalue weighted by molar-refractivity contribution is -0.0403. The van der Waals surface area contributed by atoms with Gasteiger partial charge in [0.25, 0.3) is 0 Å². The van der Waals surface area contributed by atoms with Gasteiger partial charge in [0, 0.05) is 13.0 Å². The quantitative estimate of drug-likeness (QED) is 0.189. The van der Waals surface area contributed by atoms with E-state index in [0.717, 1.165) is 25.0 Å². The maximum atomic E-state index is 9.58. The second kappa shape index (κ2) is 21.0. The molecule has 0 fully saturated rings. The third-order valence-electron chi connectivity index (χ3n) is 6.03. The summed E-state index contributed by atoms with van der Waals surface area (Å²) in [5.74, 6) is 0. The van der Waals surface area contributed by atoms with Crippen LogP contribution in [0.1, 0.15) is 116 Å². The Hall–Kier alpha value is -0.900. The van der Waals surface area contributed by atoms with Crippen LogP contribution in [0.4, 0.5) is 0 Å². The second-order valence-corrected chi connectivity index (χ2v) is 9.11. The Morgan fingerprint density at radius 1 is 0.710 bits per heavy atom. The molecular formula is C28H50O3. The molecule has 0 amide bonds. The van der Waals surface area contributed by atoms with E-state index in [1.807, 2.05) is 30.3 Å². The number of ether oxygens (including phenoxy) is 2. The zero-order valence-electron chi connectivity index (χ0n) is 20.5. The fourth-order valence-corrected chi connectivity index (χ4v) is 4.00. The molecule has 0 saturated carbocycles. The van der Waals surface area contributed by atoms with Crippen molar-refractivity contribution in [3.05, 3.63) is 35.9 Å². The van der Waals surface area contributed by atoms with Crippen molar-refractivity contribution in [3.8, 4) is 0 Å². The van der Waals surface area contributed by atoms with Gasteiger partial charge in [-0.1, -0.05) is 121 Å². The first-order valence-electron chi connectivity index (χ1n) is 13.1. The normalized spacial score (nSPS) is 13.4. The summed E-state index contributed by atoms with van der Waals surface area (Å²) in [7, 11) is 0. The minimum absolute atomic E-state index is 0.0411. The van der Waals surface area contributed by atoms with Gasteiger partial charge in [0.05, 0.1) is 25.4 Å². The van der Waals surface area contributed by atoms with E-state index < -0.39 is 0 Å². The summed E-state index contributed by atoms with van der Waals surface area (Å²) in [6.07, 6.45) is 20.0. The van der Waals surface area contributed by atoms with E-state index in [0.29, 0.717) is 6.61 Å². The number of benzene rings is 1. The third kappa shape index (κ3) is 17.3. The zero-order valence-corrected chi connectivity index (χ0v) is 20.5. The van der Waals surface area contributed by atoms with Gasteiger partial charge >= 0.3 is 0 Å². The van der Waals surface area contributed by atoms with Crippen LogP contribution in [0.15, 0.2) is 30.3 Å². The van der Waals surface area contributed by atoms with Crippen LogP contribution in [0.5, 0.6) is 0 Å². The van der Waals surface area contributed by atoms with E-state index in [1.54, 1.807) is 0 Å². The molecule has 0 spiro atoms. The Labute approximate surface area is 192 Å². The Morgan fingerprint density at radius 2 is 1.23 bits per heavy atom. The first-order chi connectivity index (χ1) is 15.3. The second-order valence-electron chi connectivity index (χ2n) is 9.11. The van der Waals surface area contributed by atoms with E-state index in [2.05, 4.69) is 13.8 Å². The average Bonchev–Trinajstić information content (AvgIpc) is 2.79. The third-order valence-corrected chi connectivity index (χ3v) is 6.03. The number of unbranched alkanes of at least 4 members (excludes halogenated alkanes) is 13. The summed E-state index contributed by atoms with van der Waals surface area (Å²) in [5.41, 5.74) is 1.14. The highest BCUT2D eigenvalue weighted by molar-refractivity contribution is 5.13. The van der Waals surface area contributed by atoms with Crippen LogP contribution in [0, 0.1) is 0 Å². The van der Waals surface area contributed by atoms with Crippen molar-refractivity contribution < 1.29 is 14.6 Å². The summed E-state index contributed by atoms with van der Waals surface area (Å²) >= 11 is 0. The Bertz CT molecular complexity index is 476. The predicted molar refractivity (Wildman–Crippen MR) is 132 cm³/mol. The summed E-state index contributed by atoms with van der Waals surface area (Å²) in [5, 5.41) is 9.58. The van der Waals surface area contributed by atoms with Gasteiger partial charge < -0.3 is 14.6 Å². The molecule has 0 saturated heterocycles. The van der Waals surface area contributed by atoms with Gasteiger partial charge in [-0.05, 0) is 18.9 Å². The van der Waals surface area contributed by atoms with Crippen LogP contribution in [0.3, 0.4) is 0 Å². The van der Waals surface area contributed by atoms with E-state index in [4.69, 9.17) is 9.47 Å². The highest BCUT2D eigenvalue weighted by Crippen LogP contribution is 2.14. The van der Waals surface area contributed by atoms with Crippen LogP contribution in [-0.4, -0.2) is 30.5 Å². The first-order valence-corrected chi connectivity index (χ1v) is 13.1. The van der Waals surface area contributed by atoms with Gasteiger partial charge in [-0.15, -0.1) is 0 Å². The molecule has 0 aliphatic rings. The maximum absolute atomic E-state index is 9.58. The smallest absolute Gasteiger partial charge is 0.0834 e. The molecule has 3 nitrogen and oxygen atoms in total. The summed E-state index contributed by atoms with van der Waals surface area (Å²) < 4.78 is 11.8. The van der Waals surface area contributed by atoms with Gasteiger partial charge in [-0.25, -0.2) is 0 Å². The molecule has 31 heavy (non-hydrogen) atoms. The fourth-order valence-electron chi connectivity index (χ4n) is 4.00. The molecule has 0 bridgehead atoms. The molecule has 3 heteroatoms. The van der Waals surface area contributed by atoms with Gasteiger partial charge in [-0.2, -0.15) is 0 Å². The van der Waals surface area contributed by atoms with Crippen molar-refractivity contribution in [1.29, 1.82) is 0 Å². The highest BCUT2D eigenvalue weighted by atomic mass is 16.5. The summed E-state index contributed by atoms with van der Waals surface area (Å²) in [4.78, 5) is 0. The SMILES string of the molecule is CCCCCCCCCCCCCCCCOC(C)C[C@@H](CO)OCc1ccccc1. The molecule has 1 rings (SSSR count). The van der Waals surface area contributed by atoms with E-state index >= 15 is 0 Å². The van der Waals surface area contributed by atoms with Crippen LogP contribution in [-0.2, 0) is 16.1 Å². The highest BCUT2D eigenvalue weighted by Gasteiger charge is 2.13. The first kappa shape index (κ1) is 28.1. The molecule has 0 aromatic heterocycles. The zero-order chi connectivity index (χ0) is 22.4. The molecule has 0 radical (unpaired) electrons. The molecule has 2 atom stereocenters. The number of hydrogen-bond donors (Lipinski definition) is 1. The number of aliphatic hydroxyl groups is 1. The van der Waals surface area contributed by atoms with Crippen LogP contribution in [0.25, 0.3) is 0 Å². The molecule has 180 valence electrons. The van der Waals surface area contributed by atoms with Crippen molar-refractivity contribution in [1.82, 2.24) is 0 Å². The van der Waals surface area contributed by atoms with Gasteiger partial charge in [0.2, 0.25) is 0 Å². The Balaban J connectivity index is 1.87. The van der Waals surface area contributed by atoms with Gasteiger partial charge in [0.15, 0.2) is 0 Å². The fraction of sp³-hybridized carbons (Fsp3) is 0.786. The van der Waals surface area contributed by atoms with Crippen molar-refractivity contribution in [2.24, 2.45) is 0 Å². The Kier molecular flexibility index (Phi) is 19.0. The van der Waals surface area contributed by atoms with Crippen molar-refractivity contribution in [3.63, 3.8) is 0 Å². The molecule has 1 N–H and O–H groups in total. The van der Waals surface area contributed by atoms with Crippen molar-refractivity contribution >= 4 is 0 Å². The predicted octanol–water partition coefficient (Wildman–Crippen LogP) is 7.84. The minimum Gasteiger partial charge on any atom is -0.394 e. The summed E-state index contributed by atoms with van der Waals surface area (Å²) in [6.45, 7) is 5.76. The monoisotopic (exact) mass is 434 g/mol. The molecular weight excluding hydrogens is 384 g/mol. The van der Waals surface area contributed by atoms with Gasteiger partial charge in [0.1, 0.15) is 0 Å². The standard InChI is InChI=1S/C28H50O3/c1-3-4-5-6-7-8-9-10-11-12-13-14-15-19-22-30-26(2)23-28(24-29)31-25-27-20-17-16-18-21-27/h16-18,20-21,26,28-29H,3-15,19,22-25H2,1-2H3/t26?,28-/m0/s1. The lowest BCUT2D eigenvalue weighted by Crippen LogP contribution is -2.24. The molecule has 0 heterocycles. The lowest BCUT2D eigenvalue weighted by atomic mass is 10.0. The molecule has 1 aromatic rings. The van der Waals surface area contributed by atoms with Gasteiger partial charge in [-0.3, -0.25) is 0 Å². The number of rotatable bonds is 22. The average molecular weight is 435 g/mol. The molecule has 0 aliphatic carbocycles. The van der Waals surface area contributed by atoms with Crippen molar-refractivity contribution in [2.75, 3.05) is 13.2 Å². The van der Waals surface area contributed by atoms with E-state index in [1.165, 1.54) is 83.5 Å². The molecule has 1 aromatic carbocycles. The lowest BCUT2D eigenvalue weighted by Gasteiger charge is -2.20. The van der Waals surface area contributed by atoms with E-state index in [9.17, 15) is 5.11 Å². The van der Waals surface area contributed by atoms with E-state index in [-0.39, 0.29) is 18.8 Å². The van der Waals surface area contributed by atoms with Crippen LogP contribution >= 0.6 is 0 Å². The molecule has 0 aliphatic heterocycles. The van der Waals surface area contributed by atoms with Crippen LogP contribution < -0.4 is 0 Å². The maximum Gasteiger partial charge on any atom is 0.0834 e. The largest absolute Gasteiger partial charge is 0.394 e. The summed E-state index contributed by atoms with van der Waals surface area (Å²) in [6, 6.07) is 10.1. The van der Waals surface area contributed by atoms with Crippen LogP contribution in [0.2, 0.25) is 0 Å². The number of aliphatic hydroxyl groups excluding tert-OH is 1. The Morgan fingerprint density at radius 3 is 1.74 bits per heavy atom. The van der Waals surface area contributed by atoms with Crippen molar-refractivity contribution in [2.45, 2.75) is 129 Å². The topological polar surface area (TPSA) is 38.7 Å². The molecule has 1 unspecified atom stereocenters. The minimum atomic E-state index is -0.161.